The molecule has 4 atom stereocenters. The zero-order valence-electron chi connectivity index (χ0n) is 21.9. The van der Waals surface area contributed by atoms with Gasteiger partial charge in [-0.3, -0.25) is 19.2 Å². The molecule has 15 heteroatoms. The van der Waals surface area contributed by atoms with Gasteiger partial charge in [-0.1, -0.05) is 12.8 Å². The summed E-state index contributed by atoms with van der Waals surface area (Å²) >= 11 is 0. The number of likely N-dealkylation sites (tertiary alicyclic amines) is 1. The number of carbonyl (C=O) groups excluding carboxylic acids is 4. The van der Waals surface area contributed by atoms with Gasteiger partial charge in [0.2, 0.25) is 17.4 Å². The molecule has 1 saturated heterocycles. The first kappa shape index (κ1) is 29.1. The summed E-state index contributed by atoms with van der Waals surface area (Å²) in [5.74, 6) is -3.95. The Hall–Kier alpha value is -3.93. The summed E-state index contributed by atoms with van der Waals surface area (Å²) in [6.07, 6.45) is -2.13. The van der Waals surface area contributed by atoms with Crippen LogP contribution in [-0.2, 0) is 23.9 Å². The Morgan fingerprint density at radius 1 is 1.40 bits per heavy atom. The highest BCUT2D eigenvalue weighted by Gasteiger charge is 2.57. The van der Waals surface area contributed by atoms with Gasteiger partial charge in [-0.05, 0) is 31.4 Å². The Bertz CT molecular complexity index is 1220. The van der Waals surface area contributed by atoms with Crippen molar-refractivity contribution < 1.29 is 41.8 Å². The van der Waals surface area contributed by atoms with Gasteiger partial charge >= 0.3 is 12.1 Å². The fourth-order valence-corrected chi connectivity index (χ4v) is 4.84. The highest BCUT2D eigenvalue weighted by Crippen LogP contribution is 2.40. The number of hydrogen-bond acceptors (Lipinski definition) is 8. The number of pyridine rings is 1. The second-order valence-electron chi connectivity index (χ2n) is 10.0. The van der Waals surface area contributed by atoms with E-state index in [9.17, 15) is 37.6 Å². The Kier molecular flexibility index (Phi) is 8.20. The standard InChI is InChI=1S/C25H29F3N6O6/c1-3-39-12-16(31-23(38)25(26,27)28)20(35)33(2)17(9-14-6-7-14)21(36)34-13-24(10-15(34)11-29)22(37)32-19-18(40-24)5-4-8-30-19/h4-5,8,14-17H,3,6-7,9-10,12-13H2,1-2H3,(H,31,38)(H,30,32,37). The topological polar surface area (TPSA) is 154 Å². The van der Waals surface area contributed by atoms with Crippen molar-refractivity contribution in [3.05, 3.63) is 18.3 Å². The fourth-order valence-electron chi connectivity index (χ4n) is 4.84. The maximum Gasteiger partial charge on any atom is 0.471 e. The monoisotopic (exact) mass is 566 g/mol. The lowest BCUT2D eigenvalue weighted by molar-refractivity contribution is -0.175. The normalized spacial score (nSPS) is 23.4. The van der Waals surface area contributed by atoms with E-state index in [1.54, 1.807) is 24.4 Å². The Morgan fingerprint density at radius 3 is 2.75 bits per heavy atom. The molecule has 4 amide bonds. The number of aromatic nitrogens is 1. The number of nitrogens with zero attached hydrogens (tertiary/aromatic N) is 4. The lowest BCUT2D eigenvalue weighted by Gasteiger charge is -2.35. The van der Waals surface area contributed by atoms with Gasteiger partial charge < -0.3 is 29.9 Å². The van der Waals surface area contributed by atoms with Crippen molar-refractivity contribution in [2.24, 2.45) is 5.92 Å². The van der Waals surface area contributed by atoms with Crippen molar-refractivity contribution in [2.45, 2.75) is 62.5 Å². The molecule has 40 heavy (non-hydrogen) atoms. The molecule has 12 nitrogen and oxygen atoms in total. The molecule has 4 rings (SSSR count). The number of likely N-dealkylation sites (N-methyl/N-ethyl adjacent to an activating group) is 1. The number of anilines is 1. The van der Waals surface area contributed by atoms with E-state index in [-0.39, 0.29) is 43.5 Å². The number of halogens is 3. The van der Waals surface area contributed by atoms with E-state index < -0.39 is 60.1 Å². The van der Waals surface area contributed by atoms with Crippen LogP contribution in [-0.4, -0.2) is 95.1 Å². The number of nitrogens with one attached hydrogen (secondary N) is 2. The number of amides is 4. The average Bonchev–Trinajstić information content (AvgIpc) is 3.67. The number of hydrogen-bond donors (Lipinski definition) is 2. The van der Waals surface area contributed by atoms with Crippen LogP contribution in [0, 0.1) is 17.2 Å². The average molecular weight is 567 g/mol. The molecule has 2 N–H and O–H groups in total. The highest BCUT2D eigenvalue weighted by atomic mass is 19.4. The molecular weight excluding hydrogens is 537 g/mol. The van der Waals surface area contributed by atoms with Crippen LogP contribution in [0.25, 0.3) is 0 Å². The molecule has 1 saturated carbocycles. The first-order valence-corrected chi connectivity index (χ1v) is 12.8. The summed E-state index contributed by atoms with van der Waals surface area (Å²) in [7, 11) is 1.25. The van der Waals surface area contributed by atoms with Gasteiger partial charge in [-0.2, -0.15) is 18.4 Å². The number of carbonyl (C=O) groups is 4. The third kappa shape index (κ3) is 5.96. The number of fused-ring (bicyclic) bond motifs is 1. The fraction of sp³-hybridized carbons (Fsp3) is 0.600. The van der Waals surface area contributed by atoms with Crippen LogP contribution in [0.1, 0.15) is 32.6 Å². The lowest BCUT2D eigenvalue weighted by atomic mass is 9.97. The van der Waals surface area contributed by atoms with Gasteiger partial charge in [0.05, 0.1) is 19.2 Å². The first-order valence-electron chi connectivity index (χ1n) is 12.8. The van der Waals surface area contributed by atoms with Crippen molar-refractivity contribution in [2.75, 3.05) is 32.1 Å². The predicted molar refractivity (Wildman–Crippen MR) is 130 cm³/mol. The lowest BCUT2D eigenvalue weighted by Crippen LogP contribution is -2.59. The Balaban J connectivity index is 1.57. The van der Waals surface area contributed by atoms with Crippen molar-refractivity contribution in [3.63, 3.8) is 0 Å². The van der Waals surface area contributed by atoms with E-state index in [2.05, 4.69) is 10.3 Å². The van der Waals surface area contributed by atoms with Crippen molar-refractivity contribution >= 4 is 29.4 Å². The zero-order valence-corrected chi connectivity index (χ0v) is 21.9. The van der Waals surface area contributed by atoms with E-state index in [1.165, 1.54) is 18.1 Å². The number of ether oxygens (including phenoxy) is 2. The minimum absolute atomic E-state index is 0.0697. The summed E-state index contributed by atoms with van der Waals surface area (Å²) in [4.78, 5) is 58.1. The van der Waals surface area contributed by atoms with Gasteiger partial charge in [0.1, 0.15) is 18.1 Å². The van der Waals surface area contributed by atoms with Crippen LogP contribution in [0.15, 0.2) is 18.3 Å². The number of rotatable bonds is 9. The van der Waals surface area contributed by atoms with Gasteiger partial charge in [-0.25, -0.2) is 4.98 Å². The molecular formula is C25H29F3N6O6. The third-order valence-corrected chi connectivity index (χ3v) is 7.18. The minimum Gasteiger partial charge on any atom is -0.472 e. The number of nitriles is 1. The number of alkyl halides is 3. The SMILES string of the molecule is CCOCC(NC(=O)C(F)(F)F)C(=O)N(C)C(CC1CC1)C(=O)N1CC2(CC1C#N)Oc1cccnc1NC2=O. The van der Waals surface area contributed by atoms with Gasteiger partial charge in [0.25, 0.3) is 5.91 Å². The van der Waals surface area contributed by atoms with Crippen LogP contribution in [0.5, 0.6) is 5.75 Å². The van der Waals surface area contributed by atoms with Crippen LogP contribution in [0.4, 0.5) is 19.0 Å². The van der Waals surface area contributed by atoms with Crippen LogP contribution in [0.2, 0.25) is 0 Å². The summed E-state index contributed by atoms with van der Waals surface area (Å²) in [6, 6.07) is 1.26. The molecule has 1 aromatic rings. The molecule has 3 heterocycles. The molecule has 2 fully saturated rings. The summed E-state index contributed by atoms with van der Waals surface area (Å²) in [5.41, 5.74) is -1.57. The predicted octanol–water partition coefficient (Wildman–Crippen LogP) is 0.986. The van der Waals surface area contributed by atoms with Crippen LogP contribution < -0.4 is 15.4 Å². The second-order valence-corrected chi connectivity index (χ2v) is 10.0. The molecule has 2 aliphatic heterocycles. The Labute approximate surface area is 227 Å². The van der Waals surface area contributed by atoms with Gasteiger partial charge in [0.15, 0.2) is 11.6 Å². The summed E-state index contributed by atoms with van der Waals surface area (Å²) in [5, 5.41) is 14.2. The van der Waals surface area contributed by atoms with E-state index in [0.29, 0.717) is 0 Å². The van der Waals surface area contributed by atoms with Crippen molar-refractivity contribution in [1.82, 2.24) is 20.1 Å². The van der Waals surface area contributed by atoms with E-state index >= 15 is 0 Å². The maximum atomic E-state index is 13.9. The summed E-state index contributed by atoms with van der Waals surface area (Å²) in [6.45, 7) is 0.807. The molecule has 0 radical (unpaired) electrons. The molecule has 4 unspecified atom stereocenters. The van der Waals surface area contributed by atoms with Crippen molar-refractivity contribution in [1.29, 1.82) is 5.26 Å². The maximum absolute atomic E-state index is 13.9. The van der Waals surface area contributed by atoms with Crippen LogP contribution in [0.3, 0.4) is 0 Å². The summed E-state index contributed by atoms with van der Waals surface area (Å²) < 4.78 is 49.9. The molecule has 1 spiro atoms. The van der Waals surface area contributed by atoms with E-state index in [1.807, 2.05) is 6.07 Å². The van der Waals surface area contributed by atoms with E-state index in [4.69, 9.17) is 9.47 Å². The smallest absolute Gasteiger partial charge is 0.471 e. The minimum atomic E-state index is -5.23. The second kappa shape index (κ2) is 11.3. The van der Waals surface area contributed by atoms with E-state index in [0.717, 1.165) is 17.7 Å². The molecule has 0 bridgehead atoms. The zero-order chi connectivity index (χ0) is 29.2. The molecule has 0 aromatic carbocycles. The van der Waals surface area contributed by atoms with Gasteiger partial charge in [-0.15, -0.1) is 0 Å². The van der Waals surface area contributed by atoms with Crippen molar-refractivity contribution in [3.8, 4) is 11.8 Å². The third-order valence-electron chi connectivity index (χ3n) is 7.18. The molecule has 3 aliphatic rings. The van der Waals surface area contributed by atoms with Crippen LogP contribution >= 0.6 is 0 Å². The molecule has 1 aliphatic carbocycles. The highest BCUT2D eigenvalue weighted by molar-refractivity contribution is 6.01. The first-order chi connectivity index (χ1) is 18.9. The Morgan fingerprint density at radius 2 is 2.12 bits per heavy atom. The van der Waals surface area contributed by atoms with Gasteiger partial charge in [0, 0.05) is 26.3 Å². The molecule has 216 valence electrons. The molecule has 1 aromatic heterocycles. The quantitative estimate of drug-likeness (QED) is 0.449. The largest absolute Gasteiger partial charge is 0.472 e.